The number of fused-ring (bicyclic) bond motifs is 2. The van der Waals surface area contributed by atoms with Gasteiger partial charge in [-0.1, -0.05) is 30.7 Å². The third-order valence-corrected chi connectivity index (χ3v) is 4.89. The van der Waals surface area contributed by atoms with Crippen LogP contribution in [0, 0.1) is 23.7 Å². The molecular weight excluding hydrogens is 208 g/mol. The van der Waals surface area contributed by atoms with Crippen molar-refractivity contribution in [3.8, 4) is 0 Å². The maximum atomic E-state index is 12.7. The van der Waals surface area contributed by atoms with Gasteiger partial charge in [-0.3, -0.25) is 4.79 Å². The SMILES string of the molecule is O=C1[C@@H]2CCC=C[C@H]2CCC[C@@H]2C=CCC[C@@H]12. The Morgan fingerprint density at radius 3 is 1.88 bits per heavy atom. The molecular formula is C16H22O. The Morgan fingerprint density at radius 2 is 1.35 bits per heavy atom. The van der Waals surface area contributed by atoms with Crippen LogP contribution in [0.2, 0.25) is 0 Å². The molecule has 3 rings (SSSR count). The van der Waals surface area contributed by atoms with E-state index in [1.165, 1.54) is 19.3 Å². The highest BCUT2D eigenvalue weighted by Gasteiger charge is 2.38. The van der Waals surface area contributed by atoms with E-state index in [1.54, 1.807) is 0 Å². The molecule has 0 radical (unpaired) electrons. The Balaban J connectivity index is 1.85. The summed E-state index contributed by atoms with van der Waals surface area (Å²) in [5, 5.41) is 0. The number of hydrogen-bond donors (Lipinski definition) is 0. The molecule has 3 aliphatic carbocycles. The van der Waals surface area contributed by atoms with Crippen LogP contribution in [0.4, 0.5) is 0 Å². The van der Waals surface area contributed by atoms with Crippen LogP contribution >= 0.6 is 0 Å². The first kappa shape index (κ1) is 11.3. The number of hydrogen-bond acceptors (Lipinski definition) is 1. The molecule has 1 saturated carbocycles. The van der Waals surface area contributed by atoms with Gasteiger partial charge in [0.1, 0.15) is 5.78 Å². The molecule has 92 valence electrons. The van der Waals surface area contributed by atoms with Crippen molar-refractivity contribution in [1.82, 2.24) is 0 Å². The highest BCUT2D eigenvalue weighted by atomic mass is 16.1. The second-order valence-electron chi connectivity index (χ2n) is 5.88. The van der Waals surface area contributed by atoms with E-state index in [2.05, 4.69) is 24.3 Å². The van der Waals surface area contributed by atoms with E-state index >= 15 is 0 Å². The third kappa shape index (κ3) is 2.12. The Labute approximate surface area is 104 Å². The smallest absolute Gasteiger partial charge is 0.140 e. The van der Waals surface area contributed by atoms with E-state index < -0.39 is 0 Å². The van der Waals surface area contributed by atoms with Gasteiger partial charge in [-0.2, -0.15) is 0 Å². The molecule has 0 N–H and O–H groups in total. The highest BCUT2D eigenvalue weighted by molar-refractivity contribution is 5.84. The molecule has 0 saturated heterocycles. The van der Waals surface area contributed by atoms with Gasteiger partial charge in [0.15, 0.2) is 0 Å². The van der Waals surface area contributed by atoms with Gasteiger partial charge in [0.05, 0.1) is 0 Å². The molecule has 1 fully saturated rings. The minimum absolute atomic E-state index is 0.347. The first-order chi connectivity index (χ1) is 8.36. The first-order valence-electron chi connectivity index (χ1n) is 7.23. The summed E-state index contributed by atoms with van der Waals surface area (Å²) in [6.45, 7) is 0. The molecule has 3 aliphatic rings. The molecule has 0 unspecified atom stereocenters. The van der Waals surface area contributed by atoms with E-state index in [-0.39, 0.29) is 0 Å². The van der Waals surface area contributed by atoms with E-state index in [0.29, 0.717) is 29.5 Å². The molecule has 17 heavy (non-hydrogen) atoms. The minimum atomic E-state index is 0.347. The number of Topliss-reactive ketones (excluding diaryl/α,β-unsaturated/α-hetero) is 1. The molecule has 0 bridgehead atoms. The van der Waals surface area contributed by atoms with Crippen molar-refractivity contribution < 1.29 is 4.79 Å². The molecule has 4 atom stereocenters. The van der Waals surface area contributed by atoms with Crippen LogP contribution in [-0.4, -0.2) is 5.78 Å². The zero-order chi connectivity index (χ0) is 11.7. The minimum Gasteiger partial charge on any atom is -0.299 e. The fraction of sp³-hybridized carbons (Fsp3) is 0.688. The number of allylic oxidation sites excluding steroid dienone is 4. The third-order valence-electron chi connectivity index (χ3n) is 4.89. The normalized spacial score (nSPS) is 41.3. The predicted octanol–water partition coefficient (Wildman–Crippen LogP) is 3.90. The van der Waals surface area contributed by atoms with Crippen molar-refractivity contribution in [2.45, 2.75) is 44.9 Å². The van der Waals surface area contributed by atoms with Gasteiger partial charge in [-0.25, -0.2) is 0 Å². The Bertz CT molecular complexity index is 321. The first-order valence-corrected chi connectivity index (χ1v) is 7.23. The largest absolute Gasteiger partial charge is 0.299 e. The summed E-state index contributed by atoms with van der Waals surface area (Å²) in [5.74, 6) is 2.40. The average Bonchev–Trinajstić information content (AvgIpc) is 2.37. The monoisotopic (exact) mass is 230 g/mol. The zero-order valence-electron chi connectivity index (χ0n) is 10.5. The van der Waals surface area contributed by atoms with Crippen LogP contribution in [0.15, 0.2) is 24.3 Å². The van der Waals surface area contributed by atoms with Gasteiger partial charge in [0.2, 0.25) is 0 Å². The van der Waals surface area contributed by atoms with Crippen LogP contribution in [0.5, 0.6) is 0 Å². The lowest BCUT2D eigenvalue weighted by Gasteiger charge is -2.36. The lowest BCUT2D eigenvalue weighted by atomic mass is 9.67. The summed E-state index contributed by atoms with van der Waals surface area (Å²) in [6.07, 6.45) is 17.4. The lowest BCUT2D eigenvalue weighted by Crippen LogP contribution is -2.36. The van der Waals surface area contributed by atoms with Gasteiger partial charge < -0.3 is 0 Å². The fourth-order valence-corrected chi connectivity index (χ4v) is 3.96. The average molecular weight is 230 g/mol. The second-order valence-corrected chi connectivity index (χ2v) is 5.88. The van der Waals surface area contributed by atoms with E-state index in [9.17, 15) is 4.79 Å². The standard InChI is InChI=1S/C16H22O/c17-16-14-10-3-1-6-12(14)8-5-9-13-7-2-4-11-15(13)16/h1-2,6-7,12-15H,3-5,8-11H2/t12-,13-,14+,15+/m0/s1. The van der Waals surface area contributed by atoms with Crippen LogP contribution in [-0.2, 0) is 4.79 Å². The molecule has 0 aliphatic heterocycles. The number of ketones is 1. The maximum Gasteiger partial charge on any atom is 0.140 e. The summed E-state index contributed by atoms with van der Waals surface area (Å²) in [4.78, 5) is 12.7. The number of carbonyl (C=O) groups is 1. The number of carbonyl (C=O) groups excluding carboxylic acids is 1. The molecule has 1 heteroatoms. The molecule has 0 aromatic carbocycles. The summed E-state index contributed by atoms with van der Waals surface area (Å²) in [5.41, 5.74) is 0. The van der Waals surface area contributed by atoms with E-state index in [1.807, 2.05) is 0 Å². The zero-order valence-corrected chi connectivity index (χ0v) is 10.5. The molecule has 0 aromatic rings. The highest BCUT2D eigenvalue weighted by Crippen LogP contribution is 2.40. The lowest BCUT2D eigenvalue weighted by molar-refractivity contribution is -0.130. The van der Waals surface area contributed by atoms with Crippen molar-refractivity contribution in [1.29, 1.82) is 0 Å². The summed E-state index contributed by atoms with van der Waals surface area (Å²) >= 11 is 0. The van der Waals surface area contributed by atoms with Crippen molar-refractivity contribution in [3.63, 3.8) is 0 Å². The molecule has 0 spiro atoms. The quantitative estimate of drug-likeness (QED) is 0.577. The van der Waals surface area contributed by atoms with Gasteiger partial charge in [0, 0.05) is 11.8 Å². The van der Waals surface area contributed by atoms with Gasteiger partial charge in [-0.15, -0.1) is 0 Å². The van der Waals surface area contributed by atoms with E-state index in [4.69, 9.17) is 0 Å². The maximum absolute atomic E-state index is 12.7. The summed E-state index contributed by atoms with van der Waals surface area (Å²) in [7, 11) is 0. The summed E-state index contributed by atoms with van der Waals surface area (Å²) in [6, 6.07) is 0. The molecule has 1 nitrogen and oxygen atoms in total. The second kappa shape index (κ2) is 4.80. The van der Waals surface area contributed by atoms with Gasteiger partial charge >= 0.3 is 0 Å². The fourth-order valence-electron chi connectivity index (χ4n) is 3.96. The predicted molar refractivity (Wildman–Crippen MR) is 69.6 cm³/mol. The Kier molecular flexibility index (Phi) is 3.17. The summed E-state index contributed by atoms with van der Waals surface area (Å²) < 4.78 is 0. The van der Waals surface area contributed by atoms with Crippen molar-refractivity contribution >= 4 is 5.78 Å². The van der Waals surface area contributed by atoms with E-state index in [0.717, 1.165) is 25.7 Å². The number of rotatable bonds is 0. The topological polar surface area (TPSA) is 17.1 Å². The van der Waals surface area contributed by atoms with Crippen LogP contribution in [0.1, 0.15) is 44.9 Å². The molecule has 0 amide bonds. The van der Waals surface area contributed by atoms with Crippen LogP contribution in [0.3, 0.4) is 0 Å². The Hall–Kier alpha value is -0.850. The Morgan fingerprint density at radius 1 is 0.824 bits per heavy atom. The molecule has 0 heterocycles. The van der Waals surface area contributed by atoms with Gasteiger partial charge in [0.25, 0.3) is 0 Å². The van der Waals surface area contributed by atoms with Gasteiger partial charge in [-0.05, 0) is 50.4 Å². The molecule has 0 aromatic heterocycles. The van der Waals surface area contributed by atoms with Crippen LogP contribution in [0.25, 0.3) is 0 Å². The van der Waals surface area contributed by atoms with Crippen molar-refractivity contribution in [2.24, 2.45) is 23.7 Å². The van der Waals surface area contributed by atoms with Crippen LogP contribution < -0.4 is 0 Å². The van der Waals surface area contributed by atoms with Crippen molar-refractivity contribution in [2.75, 3.05) is 0 Å². The van der Waals surface area contributed by atoms with Crippen molar-refractivity contribution in [3.05, 3.63) is 24.3 Å².